The molecule has 2 rings (SSSR count). The van der Waals surface area contributed by atoms with Crippen LogP contribution in [-0.4, -0.2) is 24.6 Å². The Balaban J connectivity index is 2.25. The summed E-state index contributed by atoms with van der Waals surface area (Å²) in [7, 11) is 1.65. The molecule has 1 aromatic rings. The lowest BCUT2D eigenvalue weighted by Crippen LogP contribution is -2.21. The van der Waals surface area contributed by atoms with Gasteiger partial charge < -0.3 is 9.84 Å². The maximum atomic E-state index is 12.1. The van der Waals surface area contributed by atoms with Gasteiger partial charge in [0.25, 0.3) is 0 Å². The van der Waals surface area contributed by atoms with Gasteiger partial charge in [-0.15, -0.1) is 0 Å². The van der Waals surface area contributed by atoms with Gasteiger partial charge in [-0.2, -0.15) is 0 Å². The van der Waals surface area contributed by atoms with Gasteiger partial charge in [0.1, 0.15) is 11.5 Å². The Morgan fingerprint density at radius 3 is 3.00 bits per heavy atom. The largest absolute Gasteiger partial charge is 0.497 e. The number of ketones is 1. The molecule has 1 aliphatic carbocycles. The van der Waals surface area contributed by atoms with Crippen molar-refractivity contribution in [3.63, 3.8) is 0 Å². The number of ether oxygens (including phenoxy) is 1. The Bertz CT molecular complexity index is 425. The minimum absolute atomic E-state index is 0.0435. The van der Waals surface area contributed by atoms with E-state index < -0.39 is 0 Å². The van der Waals surface area contributed by atoms with Crippen LogP contribution in [0.4, 0.5) is 0 Å². The zero-order valence-corrected chi connectivity index (χ0v) is 10.3. The monoisotopic (exact) mass is 234 g/mol. The first kappa shape index (κ1) is 12.1. The number of benzene rings is 1. The smallest absolute Gasteiger partial charge is 0.145 e. The highest BCUT2D eigenvalue weighted by molar-refractivity contribution is 5.88. The van der Waals surface area contributed by atoms with Crippen molar-refractivity contribution in [2.24, 2.45) is 5.92 Å². The first-order valence-corrected chi connectivity index (χ1v) is 5.98. The number of rotatable bonds is 4. The molecule has 17 heavy (non-hydrogen) atoms. The summed E-state index contributed by atoms with van der Waals surface area (Å²) >= 11 is 0. The molecular weight excluding hydrogens is 216 g/mol. The van der Waals surface area contributed by atoms with Crippen LogP contribution >= 0.6 is 0 Å². The predicted octanol–water partition coefficient (Wildman–Crippen LogP) is 1.92. The molecule has 2 unspecified atom stereocenters. The average molecular weight is 234 g/mol. The van der Waals surface area contributed by atoms with Crippen molar-refractivity contribution >= 4 is 5.78 Å². The van der Waals surface area contributed by atoms with Crippen LogP contribution in [0.3, 0.4) is 0 Å². The number of hydrogen-bond donors (Lipinski definition) is 1. The lowest BCUT2D eigenvalue weighted by Gasteiger charge is -2.14. The van der Waals surface area contributed by atoms with Gasteiger partial charge in [0.15, 0.2) is 0 Å². The first-order chi connectivity index (χ1) is 8.17. The molecule has 1 aromatic carbocycles. The molecule has 3 nitrogen and oxygen atoms in total. The van der Waals surface area contributed by atoms with Crippen LogP contribution in [0.2, 0.25) is 0 Å². The number of aliphatic hydroxyl groups excluding tert-OH is 1. The van der Waals surface area contributed by atoms with Crippen LogP contribution in [0.25, 0.3) is 0 Å². The van der Waals surface area contributed by atoms with Gasteiger partial charge in [-0.05, 0) is 36.1 Å². The van der Waals surface area contributed by atoms with E-state index in [2.05, 4.69) is 0 Å². The molecule has 0 heterocycles. The molecule has 0 fully saturated rings. The second-order valence-corrected chi connectivity index (χ2v) is 4.64. The highest BCUT2D eigenvalue weighted by atomic mass is 16.5. The lowest BCUT2D eigenvalue weighted by molar-refractivity contribution is -0.124. The minimum atomic E-state index is -0.270. The van der Waals surface area contributed by atoms with E-state index in [0.29, 0.717) is 0 Å². The summed E-state index contributed by atoms with van der Waals surface area (Å²) in [5.41, 5.74) is 2.31. The lowest BCUT2D eigenvalue weighted by atomic mass is 9.90. The molecule has 1 aliphatic rings. The molecule has 0 aromatic heterocycles. The van der Waals surface area contributed by atoms with Gasteiger partial charge in [0, 0.05) is 11.8 Å². The van der Waals surface area contributed by atoms with Crippen molar-refractivity contribution in [1.82, 2.24) is 0 Å². The molecule has 0 saturated heterocycles. The fourth-order valence-electron chi connectivity index (χ4n) is 2.45. The summed E-state index contributed by atoms with van der Waals surface area (Å²) in [5.74, 6) is 0.676. The molecule has 0 saturated carbocycles. The minimum Gasteiger partial charge on any atom is -0.497 e. The molecule has 1 N–H and O–H groups in total. The Hall–Kier alpha value is -1.35. The summed E-state index contributed by atoms with van der Waals surface area (Å²) < 4.78 is 5.18. The second kappa shape index (κ2) is 4.88. The fourth-order valence-corrected chi connectivity index (χ4v) is 2.45. The maximum absolute atomic E-state index is 12.1. The summed E-state index contributed by atoms with van der Waals surface area (Å²) in [6.07, 6.45) is 1.77. The molecule has 0 aliphatic heterocycles. The van der Waals surface area contributed by atoms with Crippen LogP contribution < -0.4 is 4.74 Å². The third kappa shape index (κ3) is 2.20. The van der Waals surface area contributed by atoms with E-state index in [-0.39, 0.29) is 24.2 Å². The molecule has 2 atom stereocenters. The normalized spacial score (nSPS) is 19.8. The summed E-state index contributed by atoms with van der Waals surface area (Å²) in [6.45, 7) is 1.71. The third-order valence-electron chi connectivity index (χ3n) is 3.53. The van der Waals surface area contributed by atoms with Gasteiger partial charge >= 0.3 is 0 Å². The number of carbonyl (C=O) groups excluding carboxylic acids is 1. The standard InChI is InChI=1S/C14H18O3/c1-9(8-15)14(16)13-5-3-10-7-11(17-2)4-6-12(10)13/h4,6-7,9,13,15H,3,5,8H2,1-2H3. The summed E-state index contributed by atoms with van der Waals surface area (Å²) in [4.78, 5) is 12.1. The number of Topliss-reactive ketones (excluding diaryl/α,β-unsaturated/α-hetero) is 1. The number of hydrogen-bond acceptors (Lipinski definition) is 3. The zero-order chi connectivity index (χ0) is 12.4. The van der Waals surface area contributed by atoms with E-state index in [1.807, 2.05) is 18.2 Å². The Morgan fingerprint density at radius 2 is 2.35 bits per heavy atom. The highest BCUT2D eigenvalue weighted by Gasteiger charge is 2.31. The molecule has 0 radical (unpaired) electrons. The Labute approximate surface area is 101 Å². The van der Waals surface area contributed by atoms with E-state index >= 15 is 0 Å². The van der Waals surface area contributed by atoms with Crippen molar-refractivity contribution in [3.05, 3.63) is 29.3 Å². The van der Waals surface area contributed by atoms with Gasteiger partial charge in [-0.1, -0.05) is 13.0 Å². The Morgan fingerprint density at radius 1 is 1.59 bits per heavy atom. The first-order valence-electron chi connectivity index (χ1n) is 5.98. The van der Waals surface area contributed by atoms with Crippen LogP contribution in [0.15, 0.2) is 18.2 Å². The molecule has 0 amide bonds. The van der Waals surface area contributed by atoms with E-state index in [9.17, 15) is 4.79 Å². The van der Waals surface area contributed by atoms with Crippen molar-refractivity contribution in [1.29, 1.82) is 0 Å². The van der Waals surface area contributed by atoms with Gasteiger partial charge in [-0.25, -0.2) is 0 Å². The van der Waals surface area contributed by atoms with E-state index in [1.54, 1.807) is 14.0 Å². The van der Waals surface area contributed by atoms with Gasteiger partial charge in [-0.3, -0.25) is 4.79 Å². The average Bonchev–Trinajstić information content (AvgIpc) is 2.79. The Kier molecular flexibility index (Phi) is 3.48. The van der Waals surface area contributed by atoms with E-state index in [0.717, 1.165) is 24.2 Å². The fraction of sp³-hybridized carbons (Fsp3) is 0.500. The number of carbonyl (C=O) groups is 1. The zero-order valence-electron chi connectivity index (χ0n) is 10.3. The van der Waals surface area contributed by atoms with Crippen LogP contribution in [0, 0.1) is 5.92 Å². The summed E-state index contributed by atoms with van der Waals surface area (Å²) in [6, 6.07) is 5.88. The molecule has 92 valence electrons. The molecule has 3 heteroatoms. The maximum Gasteiger partial charge on any atom is 0.145 e. The van der Waals surface area contributed by atoms with Gasteiger partial charge in [0.05, 0.1) is 13.7 Å². The third-order valence-corrected chi connectivity index (χ3v) is 3.53. The van der Waals surface area contributed by atoms with E-state index in [1.165, 1.54) is 5.56 Å². The molecule has 0 spiro atoms. The van der Waals surface area contributed by atoms with Crippen molar-refractivity contribution < 1.29 is 14.6 Å². The van der Waals surface area contributed by atoms with E-state index in [4.69, 9.17) is 9.84 Å². The van der Waals surface area contributed by atoms with Crippen molar-refractivity contribution in [2.45, 2.75) is 25.7 Å². The SMILES string of the molecule is COc1ccc2c(c1)CCC2C(=O)C(C)CO. The topological polar surface area (TPSA) is 46.5 Å². The quantitative estimate of drug-likeness (QED) is 0.865. The summed E-state index contributed by atoms with van der Waals surface area (Å²) in [5, 5.41) is 9.05. The predicted molar refractivity (Wildman–Crippen MR) is 65.3 cm³/mol. The second-order valence-electron chi connectivity index (χ2n) is 4.64. The highest BCUT2D eigenvalue weighted by Crippen LogP contribution is 2.37. The van der Waals surface area contributed by atoms with Crippen LogP contribution in [-0.2, 0) is 11.2 Å². The number of methoxy groups -OCH3 is 1. The van der Waals surface area contributed by atoms with Crippen molar-refractivity contribution in [2.75, 3.05) is 13.7 Å². The number of fused-ring (bicyclic) bond motifs is 1. The van der Waals surface area contributed by atoms with Crippen molar-refractivity contribution in [3.8, 4) is 5.75 Å². The number of aliphatic hydroxyl groups is 1. The molecular formula is C14H18O3. The van der Waals surface area contributed by atoms with Crippen LogP contribution in [0.5, 0.6) is 5.75 Å². The van der Waals surface area contributed by atoms with Gasteiger partial charge in [0.2, 0.25) is 0 Å². The number of aryl methyl sites for hydroxylation is 1. The van der Waals surface area contributed by atoms with Crippen LogP contribution in [0.1, 0.15) is 30.4 Å². The molecule has 0 bridgehead atoms.